The molecule has 8 nitrogen and oxygen atoms in total. The molecule has 0 unspecified atom stereocenters. The van der Waals surface area contributed by atoms with Crippen LogP contribution < -0.4 is 10.2 Å². The molecule has 3 rings (SSSR count). The molecule has 1 aromatic carbocycles. The van der Waals surface area contributed by atoms with Crippen molar-refractivity contribution in [2.45, 2.75) is 13.1 Å². The molecule has 1 saturated heterocycles. The summed E-state index contributed by atoms with van der Waals surface area (Å²) in [5.41, 5.74) is -0.0859. The summed E-state index contributed by atoms with van der Waals surface area (Å²) in [6.07, 6.45) is -3.65. The van der Waals surface area contributed by atoms with Gasteiger partial charge >= 0.3 is 12.2 Å². The lowest BCUT2D eigenvalue weighted by Crippen LogP contribution is -2.50. The van der Waals surface area contributed by atoms with E-state index in [2.05, 4.69) is 10.3 Å². The molecule has 0 atom stereocenters. The van der Waals surface area contributed by atoms with Crippen LogP contribution in [0.25, 0.3) is 0 Å². The average Bonchev–Trinajstić information content (AvgIpc) is 2.69. The second-order valence-corrected chi connectivity index (χ2v) is 6.57. The first-order chi connectivity index (χ1) is 13.6. The molecule has 2 heterocycles. The van der Waals surface area contributed by atoms with Crippen molar-refractivity contribution in [2.24, 2.45) is 0 Å². The molecular formula is C18H18F3N5O3. The predicted molar refractivity (Wildman–Crippen MR) is 99.9 cm³/mol. The second-order valence-electron chi connectivity index (χ2n) is 6.57. The summed E-state index contributed by atoms with van der Waals surface area (Å²) >= 11 is 0. The molecule has 1 N–H and O–H groups in total. The minimum Gasteiger partial charge on any atom is -0.353 e. The maximum atomic E-state index is 12.6. The van der Waals surface area contributed by atoms with Crippen LogP contribution in [0.5, 0.6) is 0 Å². The van der Waals surface area contributed by atoms with E-state index < -0.39 is 22.7 Å². The Morgan fingerprint density at radius 3 is 2.41 bits per heavy atom. The molecule has 0 spiro atoms. The van der Waals surface area contributed by atoms with Crippen LogP contribution >= 0.6 is 0 Å². The molecule has 2 aromatic rings. The van der Waals surface area contributed by atoms with Crippen LogP contribution in [0.4, 0.5) is 35.2 Å². The number of aryl methyl sites for hydroxylation is 1. The van der Waals surface area contributed by atoms with E-state index in [0.717, 1.165) is 12.3 Å². The van der Waals surface area contributed by atoms with Gasteiger partial charge in [-0.2, -0.15) is 13.2 Å². The molecule has 1 aliphatic rings. The fraction of sp³-hybridized carbons (Fsp3) is 0.333. The lowest BCUT2D eigenvalue weighted by Gasteiger charge is -2.35. The minimum absolute atomic E-state index is 0.0824. The Hall–Kier alpha value is -3.37. The summed E-state index contributed by atoms with van der Waals surface area (Å²) in [5, 5.41) is 13.7. The Kier molecular flexibility index (Phi) is 5.57. The van der Waals surface area contributed by atoms with Gasteiger partial charge in [0.25, 0.3) is 5.69 Å². The molecule has 0 radical (unpaired) electrons. The van der Waals surface area contributed by atoms with Crippen molar-refractivity contribution >= 4 is 23.2 Å². The third kappa shape index (κ3) is 4.73. The van der Waals surface area contributed by atoms with Crippen molar-refractivity contribution in [1.29, 1.82) is 0 Å². The molecule has 2 amide bonds. The van der Waals surface area contributed by atoms with Gasteiger partial charge in [0, 0.05) is 49.7 Å². The molecular weight excluding hydrogens is 391 g/mol. The lowest BCUT2D eigenvalue weighted by molar-refractivity contribution is -0.385. The molecule has 11 heteroatoms. The predicted octanol–water partition coefficient (Wildman–Crippen LogP) is 3.67. The van der Waals surface area contributed by atoms with E-state index >= 15 is 0 Å². The Labute approximate surface area is 164 Å². The monoisotopic (exact) mass is 409 g/mol. The number of nitro benzene ring substituents is 1. The number of halogens is 3. The van der Waals surface area contributed by atoms with Gasteiger partial charge in [-0.15, -0.1) is 0 Å². The smallest absolute Gasteiger partial charge is 0.353 e. The maximum absolute atomic E-state index is 12.6. The zero-order chi connectivity index (χ0) is 21.2. The molecule has 1 aromatic heterocycles. The number of anilines is 2. The number of aromatic nitrogens is 1. The standard InChI is InChI=1S/C18H18F3N5O3/c1-12-2-4-14(10-15(12)26(28)29)23-17(27)25-8-6-24(7-9-25)16-5-3-13(11-22-16)18(19,20)21/h2-5,10-11H,6-9H2,1H3,(H,23,27). The van der Waals surface area contributed by atoms with Gasteiger partial charge in [0.1, 0.15) is 5.82 Å². The maximum Gasteiger partial charge on any atom is 0.417 e. The zero-order valence-electron chi connectivity index (χ0n) is 15.4. The van der Waals surface area contributed by atoms with Crippen molar-refractivity contribution in [3.05, 3.63) is 57.8 Å². The summed E-state index contributed by atoms with van der Waals surface area (Å²) in [4.78, 5) is 30.1. The summed E-state index contributed by atoms with van der Waals surface area (Å²) in [5.74, 6) is 0.409. The van der Waals surface area contributed by atoms with Gasteiger partial charge < -0.3 is 15.1 Å². The molecule has 0 bridgehead atoms. The van der Waals surface area contributed by atoms with Crippen LogP contribution in [0.15, 0.2) is 36.5 Å². The van der Waals surface area contributed by atoms with Gasteiger partial charge in [-0.05, 0) is 25.1 Å². The number of carbonyl (C=O) groups excluding carboxylic acids is 1. The van der Waals surface area contributed by atoms with Crippen LogP contribution in [0.2, 0.25) is 0 Å². The van der Waals surface area contributed by atoms with Gasteiger partial charge in [0.2, 0.25) is 0 Å². The number of pyridine rings is 1. The fourth-order valence-electron chi connectivity index (χ4n) is 2.97. The first kappa shape index (κ1) is 20.4. The number of urea groups is 1. The average molecular weight is 409 g/mol. The summed E-state index contributed by atoms with van der Waals surface area (Å²) in [6.45, 7) is 3.09. The SMILES string of the molecule is Cc1ccc(NC(=O)N2CCN(c3ccc(C(F)(F)F)cn3)CC2)cc1[N+](=O)[O-]. The largest absolute Gasteiger partial charge is 0.417 e. The molecule has 1 aliphatic heterocycles. The van der Waals surface area contributed by atoms with Crippen LogP contribution in [0.3, 0.4) is 0 Å². The van der Waals surface area contributed by atoms with Crippen molar-refractivity contribution in [1.82, 2.24) is 9.88 Å². The molecule has 29 heavy (non-hydrogen) atoms. The lowest BCUT2D eigenvalue weighted by atomic mass is 10.2. The zero-order valence-corrected chi connectivity index (χ0v) is 15.4. The quantitative estimate of drug-likeness (QED) is 0.617. The molecule has 0 aliphatic carbocycles. The number of piperazine rings is 1. The number of nitrogens with zero attached hydrogens (tertiary/aromatic N) is 4. The Bertz CT molecular complexity index is 910. The van der Waals surface area contributed by atoms with Gasteiger partial charge in [-0.3, -0.25) is 10.1 Å². The van der Waals surface area contributed by atoms with Crippen LogP contribution in [0.1, 0.15) is 11.1 Å². The van der Waals surface area contributed by atoms with Crippen LogP contribution in [-0.2, 0) is 6.18 Å². The number of amides is 2. The van der Waals surface area contributed by atoms with Crippen LogP contribution in [0, 0.1) is 17.0 Å². The number of carbonyl (C=O) groups is 1. The highest BCUT2D eigenvalue weighted by atomic mass is 19.4. The van der Waals surface area contributed by atoms with Gasteiger partial charge in [0.15, 0.2) is 0 Å². The summed E-state index contributed by atoms with van der Waals surface area (Å²) in [7, 11) is 0. The Morgan fingerprint density at radius 2 is 1.86 bits per heavy atom. The van der Waals surface area contributed by atoms with Crippen molar-refractivity contribution in [2.75, 3.05) is 36.4 Å². The van der Waals surface area contributed by atoms with E-state index in [4.69, 9.17) is 0 Å². The third-order valence-corrected chi connectivity index (χ3v) is 4.62. The van der Waals surface area contributed by atoms with Gasteiger partial charge in [-0.25, -0.2) is 9.78 Å². The topological polar surface area (TPSA) is 91.6 Å². The highest BCUT2D eigenvalue weighted by Gasteiger charge is 2.31. The highest BCUT2D eigenvalue weighted by molar-refractivity contribution is 5.90. The van der Waals surface area contributed by atoms with E-state index in [-0.39, 0.29) is 5.69 Å². The minimum atomic E-state index is -4.44. The van der Waals surface area contributed by atoms with Crippen LogP contribution in [-0.4, -0.2) is 47.0 Å². The fourth-order valence-corrected chi connectivity index (χ4v) is 2.97. The third-order valence-electron chi connectivity index (χ3n) is 4.62. The molecule has 154 valence electrons. The summed E-state index contributed by atoms with van der Waals surface area (Å²) in [6, 6.07) is 6.33. The Balaban J connectivity index is 1.58. The molecule has 1 fully saturated rings. The van der Waals surface area contributed by atoms with E-state index in [9.17, 15) is 28.1 Å². The van der Waals surface area contributed by atoms with Crippen molar-refractivity contribution in [3.8, 4) is 0 Å². The second kappa shape index (κ2) is 7.94. The number of hydrogen-bond acceptors (Lipinski definition) is 5. The number of nitrogens with one attached hydrogen (secondary N) is 1. The normalized spacial score (nSPS) is 14.6. The number of benzene rings is 1. The number of hydrogen-bond donors (Lipinski definition) is 1. The number of nitro groups is 1. The van der Waals surface area contributed by atoms with E-state index in [1.165, 1.54) is 17.0 Å². The summed E-state index contributed by atoms with van der Waals surface area (Å²) < 4.78 is 37.9. The van der Waals surface area contributed by atoms with Crippen molar-refractivity contribution in [3.63, 3.8) is 0 Å². The van der Waals surface area contributed by atoms with E-state index in [1.807, 2.05) is 0 Å². The number of alkyl halides is 3. The van der Waals surface area contributed by atoms with Gasteiger partial charge in [-0.1, -0.05) is 6.07 Å². The first-order valence-electron chi connectivity index (χ1n) is 8.74. The Morgan fingerprint density at radius 1 is 1.17 bits per heavy atom. The van der Waals surface area contributed by atoms with Crippen molar-refractivity contribution < 1.29 is 22.9 Å². The molecule has 0 saturated carbocycles. The van der Waals surface area contributed by atoms with Gasteiger partial charge in [0.05, 0.1) is 10.5 Å². The highest BCUT2D eigenvalue weighted by Crippen LogP contribution is 2.29. The number of rotatable bonds is 3. The first-order valence-corrected chi connectivity index (χ1v) is 8.74. The van der Waals surface area contributed by atoms with E-state index in [0.29, 0.717) is 43.2 Å². The van der Waals surface area contributed by atoms with E-state index in [1.54, 1.807) is 24.0 Å².